The number of nitrogens with zero attached hydrogens (tertiary/aromatic N) is 2. The average molecular weight is 435 g/mol. The van der Waals surface area contributed by atoms with E-state index in [1.165, 1.54) is 24.3 Å². The fourth-order valence-corrected chi connectivity index (χ4v) is 4.87. The molecule has 7 heteroatoms. The quantitative estimate of drug-likeness (QED) is 0.690. The molecule has 3 aliphatic rings. The second kappa shape index (κ2) is 8.41. The highest BCUT2D eigenvalue weighted by molar-refractivity contribution is 5.95. The minimum atomic E-state index is -4.78. The first-order chi connectivity index (χ1) is 14.7. The third-order valence-corrected chi connectivity index (χ3v) is 7.06. The van der Waals surface area contributed by atoms with E-state index in [1.807, 2.05) is 17.3 Å². The van der Waals surface area contributed by atoms with Crippen LogP contribution in [0.25, 0.3) is 0 Å². The van der Waals surface area contributed by atoms with Gasteiger partial charge in [0.25, 0.3) is 5.91 Å². The van der Waals surface area contributed by atoms with Crippen molar-refractivity contribution in [2.45, 2.75) is 75.7 Å². The highest BCUT2D eigenvalue weighted by Crippen LogP contribution is 2.41. The van der Waals surface area contributed by atoms with Crippen LogP contribution in [0, 0.1) is 11.8 Å². The van der Waals surface area contributed by atoms with Crippen molar-refractivity contribution in [1.29, 1.82) is 0 Å². The van der Waals surface area contributed by atoms with E-state index < -0.39 is 11.8 Å². The Morgan fingerprint density at radius 1 is 1.03 bits per heavy atom. The van der Waals surface area contributed by atoms with Crippen molar-refractivity contribution in [3.05, 3.63) is 47.7 Å². The van der Waals surface area contributed by atoms with Crippen LogP contribution in [0.1, 0.15) is 67.8 Å². The maximum Gasteiger partial charge on any atom is 0.421 e. The van der Waals surface area contributed by atoms with Crippen LogP contribution in [0.5, 0.6) is 0 Å². The molecule has 1 amide bonds. The number of carbonyl (C=O) groups is 1. The molecule has 31 heavy (non-hydrogen) atoms. The molecule has 0 bridgehead atoms. The molecule has 0 spiro atoms. The summed E-state index contributed by atoms with van der Waals surface area (Å²) in [6.07, 6.45) is 8.23. The smallest absolute Gasteiger partial charge is 0.376 e. The Morgan fingerprint density at radius 3 is 2.10 bits per heavy atom. The fraction of sp³-hybridized carbons (Fsp3) is 0.583. The van der Waals surface area contributed by atoms with Crippen LogP contribution in [0.2, 0.25) is 0 Å². The van der Waals surface area contributed by atoms with Crippen LogP contribution in [-0.4, -0.2) is 40.4 Å². The molecule has 2 atom stereocenters. The number of amides is 1. The summed E-state index contributed by atoms with van der Waals surface area (Å²) in [5.41, 5.74) is -2.83. The van der Waals surface area contributed by atoms with Gasteiger partial charge in [-0.15, -0.1) is 0 Å². The van der Waals surface area contributed by atoms with E-state index in [0.717, 1.165) is 51.9 Å². The van der Waals surface area contributed by atoms with Crippen molar-refractivity contribution in [3.63, 3.8) is 0 Å². The third kappa shape index (κ3) is 4.56. The minimum absolute atomic E-state index is 0.117. The number of hydrogen-bond donors (Lipinski definition) is 1. The van der Waals surface area contributed by atoms with E-state index in [-0.39, 0.29) is 23.6 Å². The van der Waals surface area contributed by atoms with E-state index in [0.29, 0.717) is 17.4 Å². The van der Waals surface area contributed by atoms with Crippen molar-refractivity contribution >= 4 is 12.1 Å². The Labute approximate surface area is 180 Å². The molecule has 1 aromatic rings. The maximum absolute atomic E-state index is 13.3. The van der Waals surface area contributed by atoms with Crippen LogP contribution in [0.15, 0.2) is 41.5 Å². The zero-order valence-electron chi connectivity index (χ0n) is 17.7. The summed E-state index contributed by atoms with van der Waals surface area (Å²) in [6, 6.07) is 5.64. The third-order valence-electron chi connectivity index (χ3n) is 7.06. The van der Waals surface area contributed by atoms with Gasteiger partial charge in [-0.1, -0.05) is 18.2 Å². The normalized spacial score (nSPS) is 28.2. The molecule has 4 nitrogen and oxygen atoms in total. The Morgan fingerprint density at radius 2 is 1.61 bits per heavy atom. The number of carbonyl (C=O) groups excluding carboxylic acids is 1. The van der Waals surface area contributed by atoms with Gasteiger partial charge < -0.3 is 10.0 Å². The van der Waals surface area contributed by atoms with E-state index in [4.69, 9.17) is 0 Å². The summed E-state index contributed by atoms with van der Waals surface area (Å²) in [7, 11) is 0. The first kappa shape index (κ1) is 22.1. The summed E-state index contributed by atoms with van der Waals surface area (Å²) in [5, 5.41) is 9.86. The summed E-state index contributed by atoms with van der Waals surface area (Å²) < 4.78 is 39.3. The Bertz CT molecular complexity index is 849. The summed E-state index contributed by atoms with van der Waals surface area (Å²) in [4.78, 5) is 19.4. The van der Waals surface area contributed by atoms with E-state index in [1.54, 1.807) is 0 Å². The van der Waals surface area contributed by atoms with Crippen molar-refractivity contribution in [2.24, 2.45) is 16.8 Å². The molecule has 2 fully saturated rings. The van der Waals surface area contributed by atoms with Gasteiger partial charge in [-0.2, -0.15) is 13.2 Å². The van der Waals surface area contributed by atoms with Gasteiger partial charge in [0.2, 0.25) is 0 Å². The lowest BCUT2D eigenvalue weighted by Crippen LogP contribution is -2.44. The molecule has 4 rings (SSSR count). The number of aliphatic imine (C=N–C) groups is 1. The van der Waals surface area contributed by atoms with E-state index >= 15 is 0 Å². The van der Waals surface area contributed by atoms with Gasteiger partial charge in [-0.3, -0.25) is 9.79 Å². The Hall–Kier alpha value is -2.15. The highest BCUT2D eigenvalue weighted by atomic mass is 19.4. The number of aliphatic hydroxyl groups is 1. The minimum Gasteiger partial charge on any atom is -0.376 e. The first-order valence-electron chi connectivity index (χ1n) is 11.1. The van der Waals surface area contributed by atoms with Crippen molar-refractivity contribution < 1.29 is 23.1 Å². The molecule has 1 aromatic carbocycles. The van der Waals surface area contributed by atoms with Crippen LogP contribution in [0.4, 0.5) is 13.2 Å². The molecular formula is C24H29F3N2O2. The van der Waals surface area contributed by atoms with Gasteiger partial charge in [-0.25, -0.2) is 0 Å². The average Bonchev–Trinajstić information content (AvgIpc) is 3.59. The van der Waals surface area contributed by atoms with Gasteiger partial charge in [0.15, 0.2) is 5.60 Å². The molecule has 168 valence electrons. The number of alkyl halides is 3. The number of allylic oxidation sites excluding steroid dienone is 1. The maximum atomic E-state index is 13.3. The molecule has 1 heterocycles. The Balaban J connectivity index is 1.44. The predicted molar refractivity (Wildman–Crippen MR) is 113 cm³/mol. The SMILES string of the molecule is C[C@](O)(c1ccc(C(=O)N(C2CC2)[C@H]2CC[C@H](C3C=CN=CC3)CC2)cc1)C(F)(F)F. The topological polar surface area (TPSA) is 52.9 Å². The molecule has 2 aliphatic carbocycles. The molecule has 2 saturated carbocycles. The lowest BCUT2D eigenvalue weighted by Gasteiger charge is -2.39. The fourth-order valence-electron chi connectivity index (χ4n) is 4.87. The molecule has 1 aliphatic heterocycles. The summed E-state index contributed by atoms with van der Waals surface area (Å²) >= 11 is 0. The van der Waals surface area contributed by atoms with E-state index in [2.05, 4.69) is 11.1 Å². The van der Waals surface area contributed by atoms with Crippen molar-refractivity contribution in [2.75, 3.05) is 0 Å². The highest BCUT2D eigenvalue weighted by Gasteiger charge is 2.51. The lowest BCUT2D eigenvalue weighted by atomic mass is 9.76. The van der Waals surface area contributed by atoms with E-state index in [9.17, 15) is 23.1 Å². The van der Waals surface area contributed by atoms with Gasteiger partial charge in [-0.05, 0) is 81.4 Å². The zero-order chi connectivity index (χ0) is 22.2. The summed E-state index contributed by atoms with van der Waals surface area (Å²) in [6.45, 7) is 0.728. The van der Waals surface area contributed by atoms with Crippen LogP contribution >= 0.6 is 0 Å². The number of halogens is 3. The summed E-state index contributed by atoms with van der Waals surface area (Å²) in [5.74, 6) is 1.02. The largest absolute Gasteiger partial charge is 0.421 e. The van der Waals surface area contributed by atoms with Gasteiger partial charge in [0.1, 0.15) is 0 Å². The van der Waals surface area contributed by atoms with Gasteiger partial charge in [0.05, 0.1) is 0 Å². The van der Waals surface area contributed by atoms with Crippen molar-refractivity contribution in [1.82, 2.24) is 4.90 Å². The molecule has 0 saturated heterocycles. The van der Waals surface area contributed by atoms with Gasteiger partial charge >= 0.3 is 6.18 Å². The molecule has 0 radical (unpaired) electrons. The predicted octanol–water partition coefficient (Wildman–Crippen LogP) is 5.22. The number of hydrogen-bond acceptors (Lipinski definition) is 3. The molecule has 1 unspecified atom stereocenters. The second-order valence-corrected chi connectivity index (χ2v) is 9.23. The van der Waals surface area contributed by atoms with Crippen LogP contribution in [0.3, 0.4) is 0 Å². The molecular weight excluding hydrogens is 405 g/mol. The van der Waals surface area contributed by atoms with Crippen molar-refractivity contribution in [3.8, 4) is 0 Å². The lowest BCUT2D eigenvalue weighted by molar-refractivity contribution is -0.258. The Kier molecular flexibility index (Phi) is 5.99. The monoisotopic (exact) mass is 434 g/mol. The zero-order valence-corrected chi connectivity index (χ0v) is 17.7. The first-order valence-corrected chi connectivity index (χ1v) is 11.1. The van der Waals surface area contributed by atoms with Crippen LogP contribution in [-0.2, 0) is 5.60 Å². The number of benzene rings is 1. The van der Waals surface area contributed by atoms with Crippen LogP contribution < -0.4 is 0 Å². The van der Waals surface area contributed by atoms with Gasteiger partial charge in [0, 0.05) is 30.1 Å². The standard InChI is InChI=1S/C24H29F3N2O2/c1-23(31,24(25,26)27)19-6-2-18(3-7-19)22(30)29(21-10-11-21)20-8-4-16(5-9-20)17-12-14-28-15-13-17/h2-3,6-7,12,14-17,20-21,31H,4-5,8-11,13H2,1H3/t16-,17?,20-,23-/m0/s1. The molecule has 0 aromatic heterocycles. The number of rotatable bonds is 5. The second-order valence-electron chi connectivity index (χ2n) is 9.23. The molecule has 1 N–H and O–H groups in total.